The highest BCUT2D eigenvalue weighted by Gasteiger charge is 2.13. The van der Waals surface area contributed by atoms with Crippen LogP contribution in [0.2, 0.25) is 10.0 Å². The first kappa shape index (κ1) is 21.3. The van der Waals surface area contributed by atoms with E-state index in [-0.39, 0.29) is 18.3 Å². The van der Waals surface area contributed by atoms with Gasteiger partial charge in [0.25, 0.3) is 0 Å². The van der Waals surface area contributed by atoms with Gasteiger partial charge in [0.1, 0.15) is 0 Å². The lowest BCUT2D eigenvalue weighted by atomic mass is 9.96. The summed E-state index contributed by atoms with van der Waals surface area (Å²) in [6.45, 7) is 0. The molecule has 4 nitrogen and oxygen atoms in total. The molecule has 0 saturated heterocycles. The van der Waals surface area contributed by atoms with Gasteiger partial charge in [-0.25, -0.2) is 0 Å². The zero-order valence-electron chi connectivity index (χ0n) is 14.5. The molecule has 0 bridgehead atoms. The van der Waals surface area contributed by atoms with Gasteiger partial charge in [0.15, 0.2) is 4.80 Å². The minimum atomic E-state index is -0.0870. The molecule has 1 saturated carbocycles. The van der Waals surface area contributed by atoms with Crippen molar-refractivity contribution in [3.05, 3.63) is 44.1 Å². The van der Waals surface area contributed by atoms with Crippen LogP contribution >= 0.6 is 46.9 Å². The number of halogens is 3. The quantitative estimate of drug-likeness (QED) is 0.703. The van der Waals surface area contributed by atoms with E-state index in [0.717, 1.165) is 10.5 Å². The van der Waals surface area contributed by atoms with Gasteiger partial charge in [0, 0.05) is 23.8 Å². The molecule has 1 heterocycles. The number of hydrogen-bond donors (Lipinski definition) is 1. The molecule has 0 radical (unpaired) electrons. The molecule has 26 heavy (non-hydrogen) atoms. The third-order valence-electron chi connectivity index (χ3n) is 4.43. The summed E-state index contributed by atoms with van der Waals surface area (Å²) in [5.74, 6) is -0.0870. The third-order valence-corrected chi connectivity index (χ3v) is 6.15. The van der Waals surface area contributed by atoms with E-state index >= 15 is 0 Å². The van der Waals surface area contributed by atoms with Gasteiger partial charge in [-0.1, -0.05) is 42.5 Å². The summed E-state index contributed by atoms with van der Waals surface area (Å²) in [7, 11) is 1.97. The number of hydrogen-bond acceptors (Lipinski definition) is 3. The standard InChI is InChI=1S/C18H21Cl2N3OS.ClH/c1-23-14(11-25-18(23)22-12-5-3-2-4-6-12)10-17(24)21-13-7-8-15(19)16(20)9-13;/h7-9,11-12H,2-6,10H2,1H3,(H,21,24);1H. The number of amides is 1. The topological polar surface area (TPSA) is 46.4 Å². The van der Waals surface area contributed by atoms with Gasteiger partial charge in [-0.3, -0.25) is 9.79 Å². The molecule has 142 valence electrons. The first-order valence-corrected chi connectivity index (χ1v) is 10.1. The SMILES string of the molecule is Cl.Cn1c(CC(=O)Nc2ccc(Cl)c(Cl)c2)csc1=NC1CCCCC1. The number of carbonyl (C=O) groups excluding carboxylic acids is 1. The van der Waals surface area contributed by atoms with Crippen molar-refractivity contribution >= 4 is 58.5 Å². The van der Waals surface area contributed by atoms with Crippen molar-refractivity contribution in [3.63, 3.8) is 0 Å². The monoisotopic (exact) mass is 433 g/mol. The van der Waals surface area contributed by atoms with E-state index in [1.165, 1.54) is 32.1 Å². The molecular weight excluding hydrogens is 413 g/mol. The second-order valence-corrected chi connectivity index (χ2v) is 7.99. The summed E-state index contributed by atoms with van der Waals surface area (Å²) >= 11 is 13.5. The molecule has 2 aromatic rings. The van der Waals surface area contributed by atoms with Crippen LogP contribution < -0.4 is 10.1 Å². The van der Waals surface area contributed by atoms with Crippen LogP contribution in [-0.4, -0.2) is 16.5 Å². The Morgan fingerprint density at radius 3 is 2.69 bits per heavy atom. The smallest absolute Gasteiger partial charge is 0.230 e. The highest BCUT2D eigenvalue weighted by molar-refractivity contribution is 7.07. The van der Waals surface area contributed by atoms with Gasteiger partial charge in [-0.05, 0) is 31.0 Å². The molecule has 1 N–H and O–H groups in total. The van der Waals surface area contributed by atoms with E-state index in [1.807, 2.05) is 17.0 Å². The molecule has 0 atom stereocenters. The van der Waals surface area contributed by atoms with Crippen LogP contribution in [0.15, 0.2) is 28.6 Å². The fourth-order valence-electron chi connectivity index (χ4n) is 2.99. The van der Waals surface area contributed by atoms with Gasteiger partial charge in [-0.15, -0.1) is 23.7 Å². The first-order chi connectivity index (χ1) is 12.0. The maximum absolute atomic E-state index is 12.3. The van der Waals surface area contributed by atoms with Crippen molar-refractivity contribution in [1.29, 1.82) is 0 Å². The number of benzene rings is 1. The van der Waals surface area contributed by atoms with Crippen LogP contribution in [0, 0.1) is 0 Å². The van der Waals surface area contributed by atoms with E-state index in [0.29, 0.717) is 28.2 Å². The van der Waals surface area contributed by atoms with Gasteiger partial charge in [-0.2, -0.15) is 0 Å². The zero-order chi connectivity index (χ0) is 17.8. The summed E-state index contributed by atoms with van der Waals surface area (Å²) in [4.78, 5) is 18.2. The molecule has 0 aliphatic heterocycles. The Morgan fingerprint density at radius 1 is 1.27 bits per heavy atom. The molecule has 0 spiro atoms. The van der Waals surface area contributed by atoms with Crippen LogP contribution in [0.4, 0.5) is 5.69 Å². The lowest BCUT2D eigenvalue weighted by Gasteiger charge is -2.16. The largest absolute Gasteiger partial charge is 0.326 e. The average molecular weight is 435 g/mol. The van der Waals surface area contributed by atoms with E-state index in [4.69, 9.17) is 28.2 Å². The van der Waals surface area contributed by atoms with Crippen LogP contribution in [0.25, 0.3) is 0 Å². The van der Waals surface area contributed by atoms with E-state index in [1.54, 1.807) is 29.5 Å². The summed E-state index contributed by atoms with van der Waals surface area (Å²) < 4.78 is 2.02. The highest BCUT2D eigenvalue weighted by Crippen LogP contribution is 2.25. The van der Waals surface area contributed by atoms with E-state index in [9.17, 15) is 4.79 Å². The van der Waals surface area contributed by atoms with Crippen molar-refractivity contribution in [2.45, 2.75) is 44.6 Å². The number of rotatable bonds is 4. The molecule has 1 aliphatic rings. The predicted octanol–water partition coefficient (Wildman–Crippen LogP) is 5.23. The van der Waals surface area contributed by atoms with Crippen LogP contribution in [0.3, 0.4) is 0 Å². The average Bonchev–Trinajstić information content (AvgIpc) is 2.92. The molecule has 1 aromatic carbocycles. The Balaban J connectivity index is 0.00000243. The molecule has 0 unspecified atom stereocenters. The maximum Gasteiger partial charge on any atom is 0.230 e. The Bertz CT molecular complexity index is 825. The number of nitrogens with zero attached hydrogens (tertiary/aromatic N) is 2. The predicted molar refractivity (Wildman–Crippen MR) is 112 cm³/mol. The van der Waals surface area contributed by atoms with Crippen molar-refractivity contribution in [2.24, 2.45) is 12.0 Å². The lowest BCUT2D eigenvalue weighted by molar-refractivity contribution is -0.115. The summed E-state index contributed by atoms with van der Waals surface area (Å²) in [5.41, 5.74) is 1.60. The van der Waals surface area contributed by atoms with Crippen LogP contribution in [0.1, 0.15) is 37.8 Å². The second kappa shape index (κ2) is 9.79. The fourth-order valence-corrected chi connectivity index (χ4v) is 4.26. The van der Waals surface area contributed by atoms with Crippen molar-refractivity contribution in [1.82, 2.24) is 4.57 Å². The summed E-state index contributed by atoms with van der Waals surface area (Å²) in [5, 5.41) is 5.76. The Hall–Kier alpha value is -1.01. The Labute approximate surface area is 173 Å². The van der Waals surface area contributed by atoms with Crippen LogP contribution in [0.5, 0.6) is 0 Å². The number of carbonyl (C=O) groups is 1. The number of nitrogens with one attached hydrogen (secondary N) is 1. The van der Waals surface area contributed by atoms with E-state index < -0.39 is 0 Å². The molecular formula is C18H22Cl3N3OS. The number of aromatic nitrogens is 1. The van der Waals surface area contributed by atoms with Crippen LogP contribution in [-0.2, 0) is 18.3 Å². The lowest BCUT2D eigenvalue weighted by Crippen LogP contribution is -2.22. The van der Waals surface area contributed by atoms with Gasteiger partial charge in [0.2, 0.25) is 5.91 Å². The molecule has 3 rings (SSSR count). The second-order valence-electron chi connectivity index (χ2n) is 6.34. The fraction of sp³-hybridized carbons (Fsp3) is 0.444. The molecule has 1 amide bonds. The molecule has 1 aromatic heterocycles. The summed E-state index contributed by atoms with van der Waals surface area (Å²) in [6, 6.07) is 5.49. The molecule has 1 fully saturated rings. The summed E-state index contributed by atoms with van der Waals surface area (Å²) in [6.07, 6.45) is 6.50. The zero-order valence-corrected chi connectivity index (χ0v) is 17.6. The normalized spacial score (nSPS) is 15.6. The van der Waals surface area contributed by atoms with Crippen molar-refractivity contribution < 1.29 is 4.79 Å². The van der Waals surface area contributed by atoms with Gasteiger partial charge >= 0.3 is 0 Å². The van der Waals surface area contributed by atoms with Gasteiger partial charge < -0.3 is 9.88 Å². The van der Waals surface area contributed by atoms with Crippen molar-refractivity contribution in [3.8, 4) is 0 Å². The minimum absolute atomic E-state index is 0. The number of thiazole rings is 1. The number of anilines is 1. The Morgan fingerprint density at radius 2 is 2.00 bits per heavy atom. The van der Waals surface area contributed by atoms with E-state index in [2.05, 4.69) is 5.32 Å². The third kappa shape index (κ3) is 5.49. The highest BCUT2D eigenvalue weighted by atomic mass is 35.5. The van der Waals surface area contributed by atoms with Crippen molar-refractivity contribution in [2.75, 3.05) is 5.32 Å². The van der Waals surface area contributed by atoms with Gasteiger partial charge in [0.05, 0.1) is 22.5 Å². The Kier molecular flexibility index (Phi) is 8.02. The first-order valence-electron chi connectivity index (χ1n) is 8.45. The maximum atomic E-state index is 12.3. The minimum Gasteiger partial charge on any atom is -0.326 e. The molecule has 8 heteroatoms. The molecule has 1 aliphatic carbocycles.